The first-order valence-corrected chi connectivity index (χ1v) is 12.9. The molecule has 1 heterocycles. The Hall–Kier alpha value is -3.95. The van der Waals surface area contributed by atoms with E-state index in [1.807, 2.05) is 13.8 Å². The molecule has 0 bridgehead atoms. The highest BCUT2D eigenvalue weighted by atomic mass is 32.2. The summed E-state index contributed by atoms with van der Waals surface area (Å²) in [6, 6.07) is 18.3. The van der Waals surface area contributed by atoms with Crippen molar-refractivity contribution in [3.63, 3.8) is 0 Å². The zero-order valence-electron chi connectivity index (χ0n) is 19.8. The Kier molecular flexibility index (Phi) is 6.96. The fourth-order valence-corrected chi connectivity index (χ4v) is 4.69. The van der Waals surface area contributed by atoms with Crippen molar-refractivity contribution in [1.82, 2.24) is 0 Å². The first-order valence-electron chi connectivity index (χ1n) is 11.4. The summed E-state index contributed by atoms with van der Waals surface area (Å²) < 4.78 is 29.0. The average molecular weight is 507 g/mol. The number of aliphatic hydroxyl groups excluding tert-OH is 1. The van der Waals surface area contributed by atoms with Crippen molar-refractivity contribution >= 4 is 33.2 Å². The van der Waals surface area contributed by atoms with E-state index < -0.39 is 27.8 Å². The van der Waals surface area contributed by atoms with Crippen molar-refractivity contribution < 1.29 is 27.9 Å². The Bertz CT molecular complexity index is 1450. The first-order chi connectivity index (χ1) is 17.1. The van der Waals surface area contributed by atoms with Gasteiger partial charge in [0.2, 0.25) is 10.0 Å². The topological polar surface area (TPSA) is 127 Å². The summed E-state index contributed by atoms with van der Waals surface area (Å²) in [5.74, 6) is -1.33. The zero-order chi connectivity index (χ0) is 26.0. The van der Waals surface area contributed by atoms with Crippen LogP contribution in [0, 0.1) is 6.92 Å². The van der Waals surface area contributed by atoms with E-state index in [4.69, 9.17) is 9.88 Å². The molecule has 0 saturated carbocycles. The van der Waals surface area contributed by atoms with Crippen molar-refractivity contribution in [1.29, 1.82) is 0 Å². The number of carbonyl (C=O) groups excluding carboxylic acids is 2. The van der Waals surface area contributed by atoms with Crippen LogP contribution in [0.1, 0.15) is 36.1 Å². The molecule has 36 heavy (non-hydrogen) atoms. The lowest BCUT2D eigenvalue weighted by atomic mass is 9.94. The molecule has 3 aromatic carbocycles. The maximum Gasteiger partial charge on any atom is 0.300 e. The standard InChI is InChI=1S/C27H26N2O6S/c1-3-15-35-22-14-9-19(16-17(22)2)25(30)23-24(18-7-5-4-6-8-18)29(27(32)26(23)31)20-10-12-21(13-11-20)36(28,33)34/h4-14,16,24,30H,3,15H2,1-2H3,(H2,28,33,34)/b25-23+. The minimum atomic E-state index is -3.94. The number of ether oxygens (including phenoxy) is 1. The second-order valence-electron chi connectivity index (χ2n) is 8.45. The van der Waals surface area contributed by atoms with Gasteiger partial charge in [-0.15, -0.1) is 0 Å². The van der Waals surface area contributed by atoms with Crippen molar-refractivity contribution in [2.24, 2.45) is 5.14 Å². The number of Topliss-reactive ketones (excluding diaryl/α,β-unsaturated/α-hetero) is 1. The van der Waals surface area contributed by atoms with Gasteiger partial charge in [0.25, 0.3) is 11.7 Å². The second kappa shape index (κ2) is 9.96. The van der Waals surface area contributed by atoms with E-state index >= 15 is 0 Å². The molecule has 3 N–H and O–H groups in total. The van der Waals surface area contributed by atoms with Crippen molar-refractivity contribution in [3.8, 4) is 5.75 Å². The van der Waals surface area contributed by atoms with Crippen LogP contribution in [0.4, 0.5) is 5.69 Å². The predicted molar refractivity (Wildman–Crippen MR) is 136 cm³/mol. The number of rotatable bonds is 7. The third kappa shape index (κ3) is 4.75. The molecule has 3 aromatic rings. The van der Waals surface area contributed by atoms with E-state index in [0.29, 0.717) is 23.5 Å². The largest absolute Gasteiger partial charge is 0.507 e. The molecule has 4 rings (SSSR count). The zero-order valence-corrected chi connectivity index (χ0v) is 20.7. The number of benzene rings is 3. The van der Waals surface area contributed by atoms with Gasteiger partial charge in [-0.1, -0.05) is 37.3 Å². The third-order valence-electron chi connectivity index (χ3n) is 5.91. The van der Waals surface area contributed by atoms with Gasteiger partial charge in [0, 0.05) is 11.3 Å². The highest BCUT2D eigenvalue weighted by molar-refractivity contribution is 7.89. The molecule has 0 spiro atoms. The van der Waals surface area contributed by atoms with E-state index in [9.17, 15) is 23.1 Å². The van der Waals surface area contributed by atoms with Crippen LogP contribution in [0.25, 0.3) is 5.76 Å². The Morgan fingerprint density at radius 3 is 2.28 bits per heavy atom. The molecular formula is C27H26N2O6S. The number of amides is 1. The minimum absolute atomic E-state index is 0.0663. The second-order valence-corrected chi connectivity index (χ2v) is 10.0. The van der Waals surface area contributed by atoms with Gasteiger partial charge in [0.15, 0.2) is 0 Å². The van der Waals surface area contributed by atoms with Crippen LogP contribution < -0.4 is 14.8 Å². The number of ketones is 1. The molecule has 1 atom stereocenters. The Morgan fingerprint density at radius 1 is 1.03 bits per heavy atom. The molecule has 1 unspecified atom stereocenters. The number of anilines is 1. The molecule has 0 aromatic heterocycles. The van der Waals surface area contributed by atoms with Crippen molar-refractivity contribution in [2.45, 2.75) is 31.2 Å². The number of hydrogen-bond acceptors (Lipinski definition) is 6. The van der Waals surface area contributed by atoms with Gasteiger partial charge in [-0.3, -0.25) is 14.5 Å². The van der Waals surface area contributed by atoms with Gasteiger partial charge in [-0.05, 0) is 66.9 Å². The normalized spacial score (nSPS) is 17.4. The number of aliphatic hydroxyl groups is 1. The summed E-state index contributed by atoms with van der Waals surface area (Å²) in [6.45, 7) is 4.39. The molecular weight excluding hydrogens is 480 g/mol. The molecule has 1 fully saturated rings. The molecule has 186 valence electrons. The lowest BCUT2D eigenvalue weighted by molar-refractivity contribution is -0.132. The van der Waals surface area contributed by atoms with Gasteiger partial charge >= 0.3 is 0 Å². The first kappa shape index (κ1) is 25.2. The van der Waals surface area contributed by atoms with Crippen LogP contribution in [-0.4, -0.2) is 31.8 Å². The minimum Gasteiger partial charge on any atom is -0.507 e. The number of nitrogens with two attached hydrogens (primary N) is 1. The average Bonchev–Trinajstić information content (AvgIpc) is 3.13. The summed E-state index contributed by atoms with van der Waals surface area (Å²) in [5, 5.41) is 16.5. The molecule has 0 aliphatic carbocycles. The number of aryl methyl sites for hydroxylation is 1. The summed E-state index contributed by atoms with van der Waals surface area (Å²) in [7, 11) is -3.94. The van der Waals surface area contributed by atoms with E-state index in [0.717, 1.165) is 12.0 Å². The van der Waals surface area contributed by atoms with Crippen molar-refractivity contribution in [3.05, 3.63) is 95.1 Å². The van der Waals surface area contributed by atoms with Gasteiger partial charge in [0.1, 0.15) is 11.5 Å². The third-order valence-corrected chi connectivity index (χ3v) is 6.84. The lowest BCUT2D eigenvalue weighted by Gasteiger charge is -2.25. The molecule has 9 heteroatoms. The van der Waals surface area contributed by atoms with Gasteiger partial charge in [-0.2, -0.15) is 0 Å². The fourth-order valence-electron chi connectivity index (χ4n) is 4.17. The summed E-state index contributed by atoms with van der Waals surface area (Å²) in [5.41, 5.74) is 1.98. The maximum absolute atomic E-state index is 13.3. The number of carbonyl (C=O) groups is 2. The maximum atomic E-state index is 13.3. The number of primary sulfonamides is 1. The Balaban J connectivity index is 1.85. The van der Waals surface area contributed by atoms with Crippen LogP contribution in [-0.2, 0) is 19.6 Å². The van der Waals surface area contributed by atoms with Crippen molar-refractivity contribution in [2.75, 3.05) is 11.5 Å². The molecule has 0 radical (unpaired) electrons. The van der Waals surface area contributed by atoms with E-state index in [-0.39, 0.29) is 21.9 Å². The monoisotopic (exact) mass is 506 g/mol. The quantitative estimate of drug-likeness (QED) is 0.283. The Morgan fingerprint density at radius 2 is 1.69 bits per heavy atom. The van der Waals surface area contributed by atoms with Gasteiger partial charge in [0.05, 0.1) is 23.1 Å². The molecule has 1 saturated heterocycles. The summed E-state index contributed by atoms with van der Waals surface area (Å²) in [4.78, 5) is 27.6. The smallest absolute Gasteiger partial charge is 0.300 e. The van der Waals surface area contributed by atoms with E-state index in [1.54, 1.807) is 48.5 Å². The highest BCUT2D eigenvalue weighted by Gasteiger charge is 2.47. The number of sulfonamides is 1. The molecule has 1 amide bonds. The molecule has 8 nitrogen and oxygen atoms in total. The van der Waals surface area contributed by atoms with Crippen LogP contribution in [0.15, 0.2) is 83.3 Å². The number of nitrogens with zero attached hydrogens (tertiary/aromatic N) is 1. The van der Waals surface area contributed by atoms with Crippen LogP contribution >= 0.6 is 0 Å². The van der Waals surface area contributed by atoms with Gasteiger partial charge in [-0.25, -0.2) is 13.6 Å². The van der Waals surface area contributed by atoms with E-state index in [2.05, 4.69) is 0 Å². The van der Waals surface area contributed by atoms with Crippen LogP contribution in [0.2, 0.25) is 0 Å². The number of hydrogen-bond donors (Lipinski definition) is 2. The summed E-state index contributed by atoms with van der Waals surface area (Å²) >= 11 is 0. The van der Waals surface area contributed by atoms with Crippen LogP contribution in [0.5, 0.6) is 5.75 Å². The summed E-state index contributed by atoms with van der Waals surface area (Å²) in [6.07, 6.45) is 0.847. The molecule has 1 aliphatic rings. The Labute approximate surface area is 209 Å². The fraction of sp³-hybridized carbons (Fsp3) is 0.185. The highest BCUT2D eigenvalue weighted by Crippen LogP contribution is 2.42. The van der Waals surface area contributed by atoms with E-state index in [1.165, 1.54) is 29.2 Å². The van der Waals surface area contributed by atoms with Crippen LogP contribution in [0.3, 0.4) is 0 Å². The molecule has 1 aliphatic heterocycles. The SMILES string of the molecule is CCCOc1ccc(/C(O)=C2\C(=O)C(=O)N(c3ccc(S(N)(=O)=O)cc3)C2c2ccccc2)cc1C. The lowest BCUT2D eigenvalue weighted by Crippen LogP contribution is -2.29. The predicted octanol–water partition coefficient (Wildman–Crippen LogP) is 4.06. The van der Waals surface area contributed by atoms with Gasteiger partial charge < -0.3 is 9.84 Å².